The highest BCUT2D eigenvalue weighted by atomic mass is 32.2. The minimum Gasteiger partial charge on any atom is -0.322 e. The van der Waals surface area contributed by atoms with Gasteiger partial charge in [-0.1, -0.05) is 53.8 Å². The number of sulfonamides is 1. The molecule has 9 heteroatoms. The molecule has 7 nitrogen and oxygen atoms in total. The Morgan fingerprint density at radius 1 is 1.03 bits per heavy atom. The van der Waals surface area contributed by atoms with Crippen LogP contribution in [0.3, 0.4) is 0 Å². The van der Waals surface area contributed by atoms with E-state index in [1.54, 1.807) is 41.0 Å². The van der Waals surface area contributed by atoms with Crippen LogP contribution in [-0.2, 0) is 16.6 Å². The Morgan fingerprint density at radius 2 is 1.71 bits per heavy atom. The highest BCUT2D eigenvalue weighted by Crippen LogP contribution is 2.28. The molecule has 1 amide bonds. The quantitative estimate of drug-likeness (QED) is 0.396. The first-order chi connectivity index (χ1) is 16.1. The number of amides is 1. The Labute approximate surface area is 202 Å². The summed E-state index contributed by atoms with van der Waals surface area (Å²) in [7, 11) is -3.67. The van der Waals surface area contributed by atoms with E-state index in [0.29, 0.717) is 11.4 Å². The molecule has 0 aliphatic rings. The van der Waals surface area contributed by atoms with Crippen LogP contribution >= 0.6 is 11.3 Å². The van der Waals surface area contributed by atoms with Crippen molar-refractivity contribution < 1.29 is 13.2 Å². The predicted molar refractivity (Wildman–Crippen MR) is 138 cm³/mol. The van der Waals surface area contributed by atoms with Crippen LogP contribution in [0.5, 0.6) is 0 Å². The van der Waals surface area contributed by atoms with Crippen LogP contribution in [0.15, 0.2) is 77.6 Å². The zero-order chi connectivity index (χ0) is 24.5. The second kappa shape index (κ2) is 9.44. The first-order valence-corrected chi connectivity index (χ1v) is 13.4. The lowest BCUT2D eigenvalue weighted by Crippen LogP contribution is -2.31. The zero-order valence-corrected chi connectivity index (χ0v) is 20.7. The third-order valence-corrected chi connectivity index (χ3v) is 7.42. The fourth-order valence-corrected chi connectivity index (χ4v) is 5.77. The van der Waals surface area contributed by atoms with Crippen molar-refractivity contribution in [2.24, 2.45) is 0 Å². The molecule has 0 bridgehead atoms. The van der Waals surface area contributed by atoms with Gasteiger partial charge in [-0.25, -0.2) is 8.42 Å². The van der Waals surface area contributed by atoms with Crippen molar-refractivity contribution in [2.75, 3.05) is 15.9 Å². The van der Waals surface area contributed by atoms with Gasteiger partial charge in [-0.15, -0.1) is 0 Å². The smallest absolute Gasteiger partial charge is 0.308 e. The van der Waals surface area contributed by atoms with Crippen molar-refractivity contribution in [3.05, 3.63) is 93.6 Å². The molecule has 4 aromatic rings. The number of benzene rings is 3. The van der Waals surface area contributed by atoms with Crippen molar-refractivity contribution in [1.82, 2.24) is 4.57 Å². The van der Waals surface area contributed by atoms with Gasteiger partial charge < -0.3 is 5.32 Å². The predicted octanol–water partition coefficient (Wildman–Crippen LogP) is 4.86. The van der Waals surface area contributed by atoms with Gasteiger partial charge in [0, 0.05) is 11.7 Å². The number of aromatic nitrogens is 1. The maximum atomic E-state index is 13.2. The van der Waals surface area contributed by atoms with Crippen molar-refractivity contribution in [2.45, 2.75) is 26.4 Å². The van der Waals surface area contributed by atoms with Gasteiger partial charge in [0.1, 0.15) is 0 Å². The number of hydrogen-bond donors (Lipinski definition) is 1. The molecule has 1 heterocycles. The van der Waals surface area contributed by atoms with E-state index in [2.05, 4.69) is 5.32 Å². The summed E-state index contributed by atoms with van der Waals surface area (Å²) in [5.41, 5.74) is 2.67. The van der Waals surface area contributed by atoms with Crippen molar-refractivity contribution in [3.63, 3.8) is 0 Å². The number of rotatable bonds is 7. The molecule has 0 fully saturated rings. The van der Waals surface area contributed by atoms with Gasteiger partial charge in [-0.2, -0.15) is 0 Å². The van der Waals surface area contributed by atoms with Gasteiger partial charge in [0.05, 0.1) is 34.3 Å². The van der Waals surface area contributed by atoms with Gasteiger partial charge in [0.25, 0.3) is 5.91 Å². The second-order valence-corrected chi connectivity index (χ2v) is 11.1. The molecular weight excluding hydrogens is 470 g/mol. The SMILES string of the molecule is CC(C)n1c(=O)sc2cc(NC(=O)c3ccccc3N(Cc3ccccc3)S(C)(=O)=O)ccc21. The van der Waals surface area contributed by atoms with Crippen LogP contribution in [0.25, 0.3) is 10.2 Å². The van der Waals surface area contributed by atoms with E-state index in [4.69, 9.17) is 0 Å². The standard InChI is InChI=1S/C25H25N3O4S2/c1-17(2)28-22-14-13-19(15-23(22)33-25(28)30)26-24(29)20-11-7-8-12-21(20)27(34(3,31)32)16-18-9-5-4-6-10-18/h4-15,17H,16H2,1-3H3,(H,26,29). The number of para-hydroxylation sites is 1. The number of nitrogens with one attached hydrogen (secondary N) is 1. The summed E-state index contributed by atoms with van der Waals surface area (Å²) in [6.45, 7) is 4.00. The molecule has 0 saturated heterocycles. The lowest BCUT2D eigenvalue weighted by molar-refractivity contribution is 0.102. The van der Waals surface area contributed by atoms with Crippen molar-refractivity contribution in [3.8, 4) is 0 Å². The van der Waals surface area contributed by atoms with E-state index in [1.807, 2.05) is 50.2 Å². The Kier molecular flexibility index (Phi) is 6.58. The minimum absolute atomic E-state index is 0.0279. The van der Waals surface area contributed by atoms with Crippen molar-refractivity contribution in [1.29, 1.82) is 0 Å². The number of carbonyl (C=O) groups is 1. The molecule has 176 valence electrons. The third kappa shape index (κ3) is 4.90. The maximum Gasteiger partial charge on any atom is 0.308 e. The minimum atomic E-state index is -3.67. The van der Waals surface area contributed by atoms with E-state index < -0.39 is 15.9 Å². The van der Waals surface area contributed by atoms with Crippen LogP contribution < -0.4 is 14.5 Å². The lowest BCUT2D eigenvalue weighted by atomic mass is 10.1. The van der Waals surface area contributed by atoms with E-state index >= 15 is 0 Å². The van der Waals surface area contributed by atoms with Crippen molar-refractivity contribution >= 4 is 48.9 Å². The van der Waals surface area contributed by atoms with Crippen LogP contribution in [0.1, 0.15) is 35.8 Å². The Hall–Kier alpha value is -3.43. The fraction of sp³-hybridized carbons (Fsp3) is 0.200. The maximum absolute atomic E-state index is 13.2. The molecule has 1 aromatic heterocycles. The summed E-state index contributed by atoms with van der Waals surface area (Å²) in [6, 6.07) is 21.2. The van der Waals surface area contributed by atoms with E-state index in [1.165, 1.54) is 4.31 Å². The molecule has 34 heavy (non-hydrogen) atoms. The highest BCUT2D eigenvalue weighted by Gasteiger charge is 2.23. The van der Waals surface area contributed by atoms with Gasteiger partial charge in [0.15, 0.2) is 0 Å². The Bertz CT molecular complexity index is 1510. The average molecular weight is 496 g/mol. The van der Waals surface area contributed by atoms with Crippen LogP contribution in [0.2, 0.25) is 0 Å². The summed E-state index contributed by atoms with van der Waals surface area (Å²) >= 11 is 1.13. The highest BCUT2D eigenvalue weighted by molar-refractivity contribution is 7.92. The van der Waals surface area contributed by atoms with Gasteiger partial charge in [-0.05, 0) is 49.7 Å². The number of anilines is 2. The monoisotopic (exact) mass is 495 g/mol. The molecule has 1 N–H and O–H groups in total. The second-order valence-electron chi connectivity index (χ2n) is 8.24. The summed E-state index contributed by atoms with van der Waals surface area (Å²) in [6.07, 6.45) is 1.12. The lowest BCUT2D eigenvalue weighted by Gasteiger charge is -2.24. The first kappa shape index (κ1) is 23.7. The van der Waals surface area contributed by atoms with Gasteiger partial charge in [-0.3, -0.25) is 18.5 Å². The van der Waals surface area contributed by atoms with E-state index in [9.17, 15) is 18.0 Å². The Morgan fingerprint density at radius 3 is 2.38 bits per heavy atom. The normalized spacial score (nSPS) is 11.6. The number of carbonyl (C=O) groups excluding carboxylic acids is 1. The van der Waals surface area contributed by atoms with Crippen LogP contribution in [0.4, 0.5) is 11.4 Å². The van der Waals surface area contributed by atoms with Gasteiger partial charge in [0.2, 0.25) is 10.0 Å². The first-order valence-electron chi connectivity index (χ1n) is 10.7. The van der Waals surface area contributed by atoms with Crippen LogP contribution in [0, 0.1) is 0 Å². The molecule has 0 aliphatic heterocycles. The fourth-order valence-electron chi connectivity index (χ4n) is 3.82. The molecule has 0 unspecified atom stereocenters. The molecule has 0 radical (unpaired) electrons. The van der Waals surface area contributed by atoms with Gasteiger partial charge >= 0.3 is 4.87 Å². The topological polar surface area (TPSA) is 88.5 Å². The summed E-state index contributed by atoms with van der Waals surface area (Å²) < 4.78 is 29.1. The van der Waals surface area contributed by atoms with E-state index in [-0.39, 0.29) is 23.0 Å². The number of nitrogens with zero attached hydrogens (tertiary/aromatic N) is 2. The third-order valence-electron chi connectivity index (χ3n) is 5.37. The summed E-state index contributed by atoms with van der Waals surface area (Å²) in [4.78, 5) is 25.5. The van der Waals surface area contributed by atoms with E-state index in [0.717, 1.165) is 33.4 Å². The zero-order valence-electron chi connectivity index (χ0n) is 19.1. The largest absolute Gasteiger partial charge is 0.322 e. The number of thiazole rings is 1. The number of hydrogen-bond acceptors (Lipinski definition) is 5. The molecule has 0 saturated carbocycles. The van der Waals surface area contributed by atoms with Crippen LogP contribution in [-0.4, -0.2) is 25.1 Å². The summed E-state index contributed by atoms with van der Waals surface area (Å²) in [5.74, 6) is -0.438. The molecule has 3 aromatic carbocycles. The molecular formula is C25H25N3O4S2. The molecule has 0 spiro atoms. The molecule has 0 atom stereocenters. The molecule has 4 rings (SSSR count). The summed E-state index contributed by atoms with van der Waals surface area (Å²) in [5, 5.41) is 2.85. The Balaban J connectivity index is 1.68. The molecule has 0 aliphatic carbocycles. The number of fused-ring (bicyclic) bond motifs is 1. The average Bonchev–Trinajstić information content (AvgIpc) is 3.12.